The lowest BCUT2D eigenvalue weighted by atomic mass is 9.96. The lowest BCUT2D eigenvalue weighted by molar-refractivity contribution is -0.118. The molecule has 1 aromatic carbocycles. The minimum absolute atomic E-state index is 0.0557. The maximum Gasteiger partial charge on any atom is 0.262 e. The van der Waals surface area contributed by atoms with Crippen LogP contribution in [0.4, 0.5) is 5.69 Å². The third kappa shape index (κ3) is 4.11. The number of benzene rings is 1. The number of anilines is 1. The molecule has 3 aromatic rings. The molecule has 2 aromatic heterocycles. The van der Waals surface area contributed by atoms with Crippen LogP contribution < -0.4 is 14.9 Å². The van der Waals surface area contributed by atoms with Crippen LogP contribution in [-0.4, -0.2) is 29.4 Å². The summed E-state index contributed by atoms with van der Waals surface area (Å²) in [5, 5.41) is 13.9. The molecule has 0 saturated heterocycles. The fourth-order valence-electron chi connectivity index (χ4n) is 3.78. The number of hydrogen-bond donors (Lipinski definition) is 1. The fourth-order valence-corrected chi connectivity index (χ4v) is 5.30. The molecule has 2 aliphatic rings. The van der Waals surface area contributed by atoms with Crippen LogP contribution in [-0.2, 0) is 4.79 Å². The van der Waals surface area contributed by atoms with Gasteiger partial charge in [-0.25, -0.2) is 4.68 Å². The summed E-state index contributed by atoms with van der Waals surface area (Å²) in [4.78, 5) is 17.7. The molecule has 1 aliphatic heterocycles. The first-order valence-electron chi connectivity index (χ1n) is 10.1. The number of carbonyl (C=O) groups excluding carboxylic acids is 1. The molecule has 6 nitrogen and oxygen atoms in total. The van der Waals surface area contributed by atoms with Gasteiger partial charge in [-0.15, -0.1) is 11.3 Å². The number of nitrogens with one attached hydrogen (secondary N) is 1. The van der Waals surface area contributed by atoms with Crippen molar-refractivity contribution in [3.05, 3.63) is 50.8 Å². The van der Waals surface area contributed by atoms with Gasteiger partial charge in [-0.05, 0) is 47.9 Å². The summed E-state index contributed by atoms with van der Waals surface area (Å²) in [5.74, 6) is 0.551. The summed E-state index contributed by atoms with van der Waals surface area (Å²) < 4.78 is 7.42. The maximum atomic E-state index is 11.7. The second-order valence-corrected chi connectivity index (χ2v) is 9.10. The zero-order valence-electron chi connectivity index (χ0n) is 16.4. The zero-order chi connectivity index (χ0) is 20.3. The van der Waals surface area contributed by atoms with Gasteiger partial charge in [0.1, 0.15) is 5.75 Å². The average molecular weight is 439 g/mol. The van der Waals surface area contributed by atoms with Gasteiger partial charge in [-0.1, -0.05) is 19.3 Å². The number of carbonyl (C=O) groups is 1. The van der Waals surface area contributed by atoms with Crippen molar-refractivity contribution in [1.29, 1.82) is 0 Å². The number of thiazole rings is 1. The second kappa shape index (κ2) is 8.57. The number of ether oxygens (including phenoxy) is 1. The fraction of sp³-hybridized carbons (Fsp3) is 0.318. The number of fused-ring (bicyclic) bond motifs is 1. The molecular weight excluding hydrogens is 416 g/mol. The Hall–Kier alpha value is -2.71. The molecule has 154 valence electrons. The van der Waals surface area contributed by atoms with Crippen molar-refractivity contribution in [3.63, 3.8) is 0 Å². The molecule has 1 aliphatic carbocycles. The van der Waals surface area contributed by atoms with E-state index in [1.54, 1.807) is 22.7 Å². The predicted molar refractivity (Wildman–Crippen MR) is 122 cm³/mol. The van der Waals surface area contributed by atoms with Gasteiger partial charge in [0.2, 0.25) is 4.80 Å². The van der Waals surface area contributed by atoms with Crippen LogP contribution >= 0.6 is 22.7 Å². The minimum Gasteiger partial charge on any atom is -0.482 e. The van der Waals surface area contributed by atoms with Crippen molar-refractivity contribution in [2.45, 2.75) is 38.1 Å². The molecule has 5 rings (SSSR count). The highest BCUT2D eigenvalue weighted by Gasteiger charge is 2.18. The van der Waals surface area contributed by atoms with Gasteiger partial charge in [0.25, 0.3) is 5.91 Å². The lowest BCUT2D eigenvalue weighted by Gasteiger charge is -2.18. The molecule has 0 unspecified atom stereocenters. The summed E-state index contributed by atoms with van der Waals surface area (Å²) in [7, 11) is 0. The third-order valence-electron chi connectivity index (χ3n) is 5.33. The van der Waals surface area contributed by atoms with E-state index in [1.165, 1.54) is 19.3 Å². The van der Waals surface area contributed by atoms with Gasteiger partial charge in [0, 0.05) is 16.5 Å². The molecule has 0 atom stereocenters. The SMILES string of the molecule is O=C1COc2ccc(-c3csc(=NC4CCCCC4)n3N=Cc3ccsc3)cc2N1. The van der Waals surface area contributed by atoms with Crippen LogP contribution in [0.2, 0.25) is 0 Å². The summed E-state index contributed by atoms with van der Waals surface area (Å²) in [6.45, 7) is 0.0557. The molecule has 1 amide bonds. The van der Waals surface area contributed by atoms with Crippen LogP contribution in [0.1, 0.15) is 37.7 Å². The molecule has 30 heavy (non-hydrogen) atoms. The van der Waals surface area contributed by atoms with Crippen molar-refractivity contribution in [3.8, 4) is 17.0 Å². The topological polar surface area (TPSA) is 68.0 Å². The number of hydrogen-bond acceptors (Lipinski definition) is 6. The molecule has 8 heteroatoms. The van der Waals surface area contributed by atoms with Gasteiger partial charge in [-0.2, -0.15) is 16.4 Å². The van der Waals surface area contributed by atoms with E-state index in [4.69, 9.17) is 14.8 Å². The van der Waals surface area contributed by atoms with Crippen LogP contribution in [0.5, 0.6) is 5.75 Å². The highest BCUT2D eigenvalue weighted by Crippen LogP contribution is 2.33. The van der Waals surface area contributed by atoms with Gasteiger partial charge >= 0.3 is 0 Å². The van der Waals surface area contributed by atoms with E-state index in [0.717, 1.165) is 34.5 Å². The van der Waals surface area contributed by atoms with E-state index in [-0.39, 0.29) is 12.5 Å². The molecule has 0 bridgehead atoms. The first kappa shape index (κ1) is 19.3. The molecule has 3 heterocycles. The van der Waals surface area contributed by atoms with Crippen LogP contribution in [0.15, 0.2) is 50.5 Å². The molecule has 1 fully saturated rings. The summed E-state index contributed by atoms with van der Waals surface area (Å²) in [6.07, 6.45) is 7.95. The van der Waals surface area contributed by atoms with Crippen molar-refractivity contribution in [2.24, 2.45) is 10.1 Å². The Kier molecular flexibility index (Phi) is 5.50. The Morgan fingerprint density at radius 3 is 2.90 bits per heavy atom. The number of nitrogens with zero attached hydrogens (tertiary/aromatic N) is 3. The van der Waals surface area contributed by atoms with Crippen molar-refractivity contribution in [1.82, 2.24) is 4.68 Å². The third-order valence-corrected chi connectivity index (χ3v) is 6.86. The lowest BCUT2D eigenvalue weighted by Crippen LogP contribution is -2.25. The van der Waals surface area contributed by atoms with Gasteiger partial charge < -0.3 is 10.1 Å². The van der Waals surface area contributed by atoms with Crippen LogP contribution in [0.3, 0.4) is 0 Å². The van der Waals surface area contributed by atoms with E-state index < -0.39 is 0 Å². The number of thiophene rings is 1. The zero-order valence-corrected chi connectivity index (χ0v) is 18.0. The number of rotatable bonds is 4. The van der Waals surface area contributed by atoms with Gasteiger partial charge in [0.05, 0.1) is 23.6 Å². The largest absolute Gasteiger partial charge is 0.482 e. The first-order chi connectivity index (χ1) is 14.8. The summed E-state index contributed by atoms with van der Waals surface area (Å²) in [5.41, 5.74) is 3.67. The van der Waals surface area contributed by atoms with Gasteiger partial charge in [0.15, 0.2) is 6.61 Å². The summed E-state index contributed by atoms with van der Waals surface area (Å²) in [6, 6.07) is 8.25. The van der Waals surface area contributed by atoms with Crippen LogP contribution in [0, 0.1) is 0 Å². The normalized spacial score (nSPS) is 17.7. The molecule has 0 radical (unpaired) electrons. The van der Waals surface area contributed by atoms with Crippen molar-refractivity contribution >= 4 is 40.5 Å². The standard InChI is InChI=1S/C22H22N4O2S2/c27-21-12-28-20-7-6-16(10-18(20)25-21)19-14-30-22(24-17-4-2-1-3-5-17)26(19)23-11-15-8-9-29-13-15/h6-11,13-14,17H,1-5,12H2,(H,25,27). The van der Waals surface area contributed by atoms with Crippen molar-refractivity contribution < 1.29 is 9.53 Å². The molecule has 1 N–H and O–H groups in total. The Morgan fingerprint density at radius 2 is 2.07 bits per heavy atom. The van der Waals surface area contributed by atoms with Gasteiger partial charge in [-0.3, -0.25) is 9.79 Å². The van der Waals surface area contributed by atoms with Crippen LogP contribution in [0.25, 0.3) is 11.3 Å². The van der Waals surface area contributed by atoms with Crippen molar-refractivity contribution in [2.75, 3.05) is 11.9 Å². The first-order valence-corrected chi connectivity index (χ1v) is 12.0. The highest BCUT2D eigenvalue weighted by molar-refractivity contribution is 7.08. The van der Waals surface area contributed by atoms with E-state index in [2.05, 4.69) is 16.1 Å². The Balaban J connectivity index is 1.57. The number of amides is 1. The minimum atomic E-state index is -0.138. The average Bonchev–Trinajstić information content (AvgIpc) is 3.42. The Labute approximate surface area is 182 Å². The molecular formula is C22H22N4O2S2. The van der Waals surface area contributed by atoms with E-state index >= 15 is 0 Å². The smallest absolute Gasteiger partial charge is 0.262 e. The molecule has 0 spiro atoms. The maximum absolute atomic E-state index is 11.7. The Morgan fingerprint density at radius 1 is 1.17 bits per heavy atom. The second-order valence-electron chi connectivity index (χ2n) is 7.49. The number of aromatic nitrogens is 1. The van der Waals surface area contributed by atoms with E-state index in [0.29, 0.717) is 17.5 Å². The predicted octanol–water partition coefficient (Wildman–Crippen LogP) is 4.72. The van der Waals surface area contributed by atoms with E-state index in [9.17, 15) is 4.79 Å². The molecule has 1 saturated carbocycles. The highest BCUT2D eigenvalue weighted by atomic mass is 32.1. The Bertz CT molecular complexity index is 1140. The summed E-state index contributed by atoms with van der Waals surface area (Å²) >= 11 is 3.26. The van der Waals surface area contributed by atoms with E-state index in [1.807, 2.05) is 40.5 Å². The quantitative estimate of drug-likeness (QED) is 0.599. The monoisotopic (exact) mass is 438 g/mol.